The first-order valence-electron chi connectivity index (χ1n) is 6.80. The molecule has 0 radical (unpaired) electrons. The summed E-state index contributed by atoms with van der Waals surface area (Å²) in [4.78, 5) is 20.3. The van der Waals surface area contributed by atoms with Gasteiger partial charge in [-0.3, -0.25) is 4.79 Å². The smallest absolute Gasteiger partial charge is 0.227 e. The quantitative estimate of drug-likeness (QED) is 0.802. The summed E-state index contributed by atoms with van der Waals surface area (Å²) >= 11 is 3.08. The average Bonchev–Trinajstić information content (AvgIpc) is 3.04. The molecule has 2 N–H and O–H groups in total. The lowest BCUT2D eigenvalue weighted by Gasteiger charge is -2.14. The fraction of sp³-hybridized carbons (Fsp3) is 0.500. The minimum absolute atomic E-state index is 0.0213. The molecule has 0 saturated heterocycles. The van der Waals surface area contributed by atoms with Crippen LogP contribution in [0.4, 0.5) is 5.13 Å². The van der Waals surface area contributed by atoms with Crippen LogP contribution in [0.2, 0.25) is 0 Å². The molecule has 0 aliphatic carbocycles. The first-order chi connectivity index (χ1) is 9.95. The monoisotopic (exact) mass is 324 g/mol. The molecule has 0 bridgehead atoms. The molecule has 0 aromatic carbocycles. The van der Waals surface area contributed by atoms with E-state index in [-0.39, 0.29) is 11.3 Å². The Balaban J connectivity index is 1.68. The van der Waals surface area contributed by atoms with Crippen LogP contribution in [0.5, 0.6) is 0 Å². The van der Waals surface area contributed by atoms with Crippen molar-refractivity contribution in [1.29, 1.82) is 0 Å². The van der Waals surface area contributed by atoms with Crippen molar-refractivity contribution in [3.05, 3.63) is 27.7 Å². The Morgan fingerprint density at radius 1 is 1.33 bits per heavy atom. The lowest BCUT2D eigenvalue weighted by Crippen LogP contribution is -2.21. The summed E-state index contributed by atoms with van der Waals surface area (Å²) < 4.78 is 0. The number of carbonyl (C=O) groups excluding carboxylic acids is 1. The summed E-state index contributed by atoms with van der Waals surface area (Å²) in [5.41, 5.74) is 1.20. The number of hydrogen-bond donors (Lipinski definition) is 2. The number of thiazole rings is 2. The van der Waals surface area contributed by atoms with Crippen LogP contribution in [0.25, 0.3) is 0 Å². The third-order valence-corrected chi connectivity index (χ3v) is 4.34. The first-order valence-corrected chi connectivity index (χ1v) is 8.56. The Hall–Kier alpha value is -1.31. The van der Waals surface area contributed by atoms with Gasteiger partial charge in [0.05, 0.1) is 5.69 Å². The minimum atomic E-state index is -0.0213. The Morgan fingerprint density at radius 2 is 2.14 bits per heavy atom. The second-order valence-electron chi connectivity index (χ2n) is 5.69. The van der Waals surface area contributed by atoms with E-state index in [2.05, 4.69) is 46.8 Å². The van der Waals surface area contributed by atoms with Gasteiger partial charge in [0.1, 0.15) is 5.01 Å². The summed E-state index contributed by atoms with van der Waals surface area (Å²) in [5.74, 6) is -0.0213. The topological polar surface area (TPSA) is 66.9 Å². The van der Waals surface area contributed by atoms with Gasteiger partial charge in [-0.15, -0.1) is 22.7 Å². The highest BCUT2D eigenvalue weighted by molar-refractivity contribution is 7.13. The highest BCUT2D eigenvalue weighted by Gasteiger charge is 2.17. The molecular weight excluding hydrogens is 304 g/mol. The molecule has 5 nitrogen and oxygen atoms in total. The molecule has 0 spiro atoms. The Kier molecular flexibility index (Phi) is 5.44. The highest BCUT2D eigenvalue weighted by atomic mass is 32.1. The molecule has 0 aliphatic rings. The summed E-state index contributed by atoms with van der Waals surface area (Å²) in [5, 5.41) is 11.7. The Morgan fingerprint density at radius 3 is 2.76 bits per heavy atom. The van der Waals surface area contributed by atoms with Crippen LogP contribution in [-0.2, 0) is 16.8 Å². The molecule has 0 aliphatic heterocycles. The maximum absolute atomic E-state index is 11.7. The lowest BCUT2D eigenvalue weighted by molar-refractivity contribution is -0.116. The molecule has 0 saturated carbocycles. The van der Waals surface area contributed by atoms with E-state index in [4.69, 9.17) is 0 Å². The fourth-order valence-electron chi connectivity index (χ4n) is 1.60. The van der Waals surface area contributed by atoms with Gasteiger partial charge >= 0.3 is 0 Å². The molecule has 21 heavy (non-hydrogen) atoms. The average molecular weight is 324 g/mol. The summed E-state index contributed by atoms with van der Waals surface area (Å²) in [6, 6.07) is 0. The SMILES string of the molecule is CC(C)(C)c1csc(CNCCC(=O)Nc2nccs2)n1. The van der Waals surface area contributed by atoms with Gasteiger partial charge in [0.25, 0.3) is 0 Å². The predicted octanol–water partition coefficient (Wildman–Crippen LogP) is 3.02. The van der Waals surface area contributed by atoms with Crippen LogP contribution in [-0.4, -0.2) is 22.4 Å². The predicted molar refractivity (Wildman–Crippen MR) is 87.9 cm³/mol. The van der Waals surface area contributed by atoms with Crippen molar-refractivity contribution in [2.75, 3.05) is 11.9 Å². The number of rotatable bonds is 6. The molecule has 2 aromatic heterocycles. The van der Waals surface area contributed by atoms with Gasteiger partial charge in [-0.05, 0) is 0 Å². The van der Waals surface area contributed by atoms with E-state index >= 15 is 0 Å². The molecule has 0 atom stereocenters. The van der Waals surface area contributed by atoms with Crippen molar-refractivity contribution in [2.45, 2.75) is 39.2 Å². The van der Waals surface area contributed by atoms with Crippen LogP contribution in [0.1, 0.15) is 37.9 Å². The maximum atomic E-state index is 11.7. The van der Waals surface area contributed by atoms with Crippen molar-refractivity contribution in [3.8, 4) is 0 Å². The van der Waals surface area contributed by atoms with E-state index in [1.807, 2.05) is 5.38 Å². The normalized spacial score (nSPS) is 11.6. The Labute approximate surface area is 132 Å². The van der Waals surface area contributed by atoms with Crippen LogP contribution in [0.3, 0.4) is 0 Å². The molecule has 7 heteroatoms. The zero-order valence-corrected chi connectivity index (χ0v) is 14.1. The summed E-state index contributed by atoms with van der Waals surface area (Å²) in [6.07, 6.45) is 2.10. The fourth-order valence-corrected chi connectivity index (χ4v) is 3.14. The minimum Gasteiger partial charge on any atom is -0.310 e. The largest absolute Gasteiger partial charge is 0.310 e. The van der Waals surface area contributed by atoms with Gasteiger partial charge in [-0.25, -0.2) is 9.97 Å². The van der Waals surface area contributed by atoms with E-state index < -0.39 is 0 Å². The van der Waals surface area contributed by atoms with Crippen LogP contribution < -0.4 is 10.6 Å². The van der Waals surface area contributed by atoms with Gasteiger partial charge in [0.15, 0.2) is 5.13 Å². The van der Waals surface area contributed by atoms with Crippen molar-refractivity contribution < 1.29 is 4.79 Å². The molecular formula is C14H20N4OS2. The number of carbonyl (C=O) groups is 1. The number of aromatic nitrogens is 2. The van der Waals surface area contributed by atoms with Gasteiger partial charge in [-0.1, -0.05) is 20.8 Å². The van der Waals surface area contributed by atoms with Crippen molar-refractivity contribution in [2.24, 2.45) is 0 Å². The number of amides is 1. The zero-order valence-electron chi connectivity index (χ0n) is 12.5. The third kappa shape index (κ3) is 5.18. The van der Waals surface area contributed by atoms with E-state index in [9.17, 15) is 4.79 Å². The second-order valence-corrected chi connectivity index (χ2v) is 7.53. The molecule has 2 aromatic rings. The molecule has 114 valence electrons. The van der Waals surface area contributed by atoms with Crippen LogP contribution >= 0.6 is 22.7 Å². The lowest BCUT2D eigenvalue weighted by atomic mass is 9.93. The summed E-state index contributed by atoms with van der Waals surface area (Å²) in [7, 11) is 0. The molecule has 2 heterocycles. The van der Waals surface area contributed by atoms with E-state index in [1.54, 1.807) is 17.5 Å². The van der Waals surface area contributed by atoms with Crippen LogP contribution in [0, 0.1) is 0 Å². The molecule has 0 unspecified atom stereocenters. The number of anilines is 1. The number of nitrogens with one attached hydrogen (secondary N) is 2. The first kappa shape index (κ1) is 16.1. The van der Waals surface area contributed by atoms with Gasteiger partial charge in [0.2, 0.25) is 5.91 Å². The van der Waals surface area contributed by atoms with Gasteiger partial charge in [0, 0.05) is 41.9 Å². The zero-order chi connectivity index (χ0) is 15.3. The van der Waals surface area contributed by atoms with Gasteiger partial charge in [-0.2, -0.15) is 0 Å². The van der Waals surface area contributed by atoms with Crippen molar-refractivity contribution >= 4 is 33.7 Å². The summed E-state index contributed by atoms with van der Waals surface area (Å²) in [6.45, 7) is 7.79. The van der Waals surface area contributed by atoms with E-state index in [0.717, 1.165) is 10.7 Å². The van der Waals surface area contributed by atoms with E-state index in [0.29, 0.717) is 24.6 Å². The van der Waals surface area contributed by atoms with Crippen molar-refractivity contribution in [1.82, 2.24) is 15.3 Å². The highest BCUT2D eigenvalue weighted by Crippen LogP contribution is 2.23. The van der Waals surface area contributed by atoms with Crippen LogP contribution in [0.15, 0.2) is 17.0 Å². The number of nitrogens with zero attached hydrogens (tertiary/aromatic N) is 2. The molecule has 0 fully saturated rings. The maximum Gasteiger partial charge on any atom is 0.227 e. The molecule has 1 amide bonds. The second kappa shape index (κ2) is 7.11. The molecule has 2 rings (SSSR count). The van der Waals surface area contributed by atoms with E-state index in [1.165, 1.54) is 11.3 Å². The Bertz CT molecular complexity index is 572. The van der Waals surface area contributed by atoms with Gasteiger partial charge < -0.3 is 10.6 Å². The third-order valence-electron chi connectivity index (χ3n) is 2.80. The van der Waals surface area contributed by atoms with Crippen molar-refractivity contribution in [3.63, 3.8) is 0 Å². The number of hydrogen-bond acceptors (Lipinski definition) is 6. The standard InChI is InChI=1S/C14H20N4OS2/c1-14(2,3)10-9-21-12(17-10)8-15-5-4-11(19)18-13-16-6-7-20-13/h6-7,9,15H,4-5,8H2,1-3H3,(H,16,18,19).